The molecule has 0 aliphatic rings. The Morgan fingerprint density at radius 3 is 1.06 bits per heavy atom. The summed E-state index contributed by atoms with van der Waals surface area (Å²) >= 11 is 0. The summed E-state index contributed by atoms with van der Waals surface area (Å²) in [6.07, 6.45) is 85.3. The number of carbonyl (C=O) groups excluding carboxylic acids is 2. The highest BCUT2D eigenvalue weighted by Gasteiger charge is 2.17. The van der Waals surface area contributed by atoms with E-state index in [9.17, 15) is 9.59 Å². The molecule has 0 saturated carbocycles. The third-order valence-corrected chi connectivity index (χ3v) is 10.2. The molecule has 0 aromatic rings. The van der Waals surface area contributed by atoms with Crippen LogP contribution in [-0.2, 0) is 23.8 Å². The van der Waals surface area contributed by atoms with Gasteiger partial charge in [0, 0.05) is 19.4 Å². The summed E-state index contributed by atoms with van der Waals surface area (Å²) < 4.78 is 17.3. The quantitative estimate of drug-likeness (QED) is 0.0346. The van der Waals surface area contributed by atoms with E-state index in [0.29, 0.717) is 19.4 Å². The van der Waals surface area contributed by atoms with Crippen molar-refractivity contribution in [3.8, 4) is 0 Å². The minimum atomic E-state index is -0.627. The Kier molecular flexibility index (Phi) is 52.6. The molecule has 5 nitrogen and oxygen atoms in total. The van der Waals surface area contributed by atoms with Crippen molar-refractivity contribution >= 4 is 11.9 Å². The van der Waals surface area contributed by atoms with Crippen molar-refractivity contribution in [3.05, 3.63) is 170 Å². The molecule has 378 valence electrons. The molecule has 0 amide bonds. The molecular formula is C63H96O5. The van der Waals surface area contributed by atoms with Crippen molar-refractivity contribution in [2.75, 3.05) is 19.8 Å². The van der Waals surface area contributed by atoms with E-state index in [2.05, 4.69) is 179 Å². The van der Waals surface area contributed by atoms with Crippen molar-refractivity contribution < 1.29 is 23.8 Å². The van der Waals surface area contributed by atoms with Crippen LogP contribution in [0.5, 0.6) is 0 Å². The van der Waals surface area contributed by atoms with Gasteiger partial charge in [0.05, 0.1) is 6.61 Å². The lowest BCUT2D eigenvalue weighted by Crippen LogP contribution is -2.30. The summed E-state index contributed by atoms with van der Waals surface area (Å²) in [6, 6.07) is 0. The maximum atomic E-state index is 12.8. The van der Waals surface area contributed by atoms with Gasteiger partial charge < -0.3 is 14.2 Å². The third-order valence-electron chi connectivity index (χ3n) is 10.2. The number of hydrogen-bond donors (Lipinski definition) is 0. The smallest absolute Gasteiger partial charge is 0.306 e. The van der Waals surface area contributed by atoms with Crippen LogP contribution in [0, 0.1) is 0 Å². The Morgan fingerprint density at radius 1 is 0.338 bits per heavy atom. The number of carbonyl (C=O) groups is 2. The SMILES string of the molecule is CC/C=C\C/C=C\C/C=C\C/C=C\C/C=C\C/C=C\CCC(=O)OCC(COCCCCCCCC/C=C\C/C=C\CCC)OC(=O)CC/C=C\C/C=C\C/C=C\C/C=C\C/C=C\C/C=C\CC. The van der Waals surface area contributed by atoms with Gasteiger partial charge in [0.25, 0.3) is 0 Å². The van der Waals surface area contributed by atoms with Gasteiger partial charge in [-0.2, -0.15) is 0 Å². The van der Waals surface area contributed by atoms with Crippen molar-refractivity contribution in [2.24, 2.45) is 0 Å². The van der Waals surface area contributed by atoms with Crippen molar-refractivity contribution in [3.63, 3.8) is 0 Å². The molecular weight excluding hydrogens is 837 g/mol. The third kappa shape index (κ3) is 53.9. The van der Waals surface area contributed by atoms with Crippen LogP contribution in [-0.4, -0.2) is 37.9 Å². The standard InChI is InChI=1S/C63H96O5/c1-4-7-10-13-16-19-22-25-28-30-32-34-36-38-41-44-47-50-53-56-62(64)67-60-61(59-66-58-55-52-49-46-43-40-27-24-21-18-15-12-9-6-3)68-63(65)57-54-51-48-45-42-39-37-35-33-31-29-26-23-20-17-14-11-8-5-2/h7-8,10-12,15-17,19-21,24-26,28-29,32-35,38-39,41-42,47-48,50-51,61H,4-6,9,13-14,18,22-23,27,30-31,36-37,40,43-46,49,52-60H2,1-3H3/b10-7-,11-8-,15-12-,19-16-,20-17-,24-21-,28-25-,29-26-,34-32-,35-33-,41-38-,42-39-,50-47-,51-48-. The highest BCUT2D eigenvalue weighted by molar-refractivity contribution is 5.70. The van der Waals surface area contributed by atoms with E-state index in [1.165, 1.54) is 38.5 Å². The normalized spacial score (nSPS) is 13.6. The Labute approximate surface area is 417 Å². The van der Waals surface area contributed by atoms with Crippen LogP contribution < -0.4 is 0 Å². The van der Waals surface area contributed by atoms with Crippen LogP contribution in [0.4, 0.5) is 0 Å². The zero-order valence-electron chi connectivity index (χ0n) is 43.3. The first-order chi connectivity index (χ1) is 33.6. The van der Waals surface area contributed by atoms with Crippen molar-refractivity contribution in [2.45, 2.75) is 194 Å². The molecule has 0 bridgehead atoms. The average molecular weight is 933 g/mol. The van der Waals surface area contributed by atoms with Crippen LogP contribution in [0.25, 0.3) is 0 Å². The minimum Gasteiger partial charge on any atom is -0.462 e. The lowest BCUT2D eigenvalue weighted by atomic mass is 10.1. The van der Waals surface area contributed by atoms with E-state index in [1.54, 1.807) is 0 Å². The number of ether oxygens (including phenoxy) is 3. The van der Waals surface area contributed by atoms with Gasteiger partial charge in [-0.05, 0) is 122 Å². The maximum absolute atomic E-state index is 12.8. The molecule has 0 radical (unpaired) electrons. The first-order valence-electron chi connectivity index (χ1n) is 26.7. The fraction of sp³-hybridized carbons (Fsp3) is 0.524. The first kappa shape index (κ1) is 63.3. The molecule has 0 heterocycles. The lowest BCUT2D eigenvalue weighted by molar-refractivity contribution is -0.162. The Bertz CT molecular complexity index is 1570. The van der Waals surface area contributed by atoms with Crippen LogP contribution in [0.2, 0.25) is 0 Å². The van der Waals surface area contributed by atoms with Gasteiger partial charge in [0.15, 0.2) is 6.10 Å². The van der Waals surface area contributed by atoms with E-state index in [1.807, 2.05) is 12.2 Å². The minimum absolute atomic E-state index is 0.00227. The summed E-state index contributed by atoms with van der Waals surface area (Å²) in [5.74, 6) is -0.613. The van der Waals surface area contributed by atoms with E-state index in [-0.39, 0.29) is 38.0 Å². The van der Waals surface area contributed by atoms with E-state index >= 15 is 0 Å². The summed E-state index contributed by atoms with van der Waals surface area (Å²) in [7, 11) is 0. The number of rotatable bonds is 46. The highest BCUT2D eigenvalue weighted by Crippen LogP contribution is 2.10. The molecule has 0 N–H and O–H groups in total. The summed E-state index contributed by atoms with van der Waals surface area (Å²) in [5, 5.41) is 0. The molecule has 0 aromatic heterocycles. The van der Waals surface area contributed by atoms with Gasteiger partial charge in [0.2, 0.25) is 0 Å². The van der Waals surface area contributed by atoms with Gasteiger partial charge in [-0.25, -0.2) is 0 Å². The molecule has 0 spiro atoms. The summed E-state index contributed by atoms with van der Waals surface area (Å²) in [5.41, 5.74) is 0. The topological polar surface area (TPSA) is 61.8 Å². The highest BCUT2D eigenvalue weighted by atomic mass is 16.6. The van der Waals surface area contributed by atoms with Gasteiger partial charge in [-0.15, -0.1) is 0 Å². The molecule has 0 aliphatic heterocycles. The number of allylic oxidation sites excluding steroid dienone is 28. The van der Waals surface area contributed by atoms with E-state index in [0.717, 1.165) is 103 Å². The Balaban J connectivity index is 4.57. The Morgan fingerprint density at radius 2 is 0.662 bits per heavy atom. The Hall–Kier alpha value is -4.74. The second-order valence-electron chi connectivity index (χ2n) is 16.7. The number of hydrogen-bond acceptors (Lipinski definition) is 5. The molecule has 0 aromatic carbocycles. The maximum Gasteiger partial charge on any atom is 0.306 e. The number of esters is 2. The lowest BCUT2D eigenvalue weighted by Gasteiger charge is -2.18. The monoisotopic (exact) mass is 933 g/mol. The molecule has 1 unspecified atom stereocenters. The molecule has 1 atom stereocenters. The zero-order valence-corrected chi connectivity index (χ0v) is 43.3. The second kappa shape index (κ2) is 56.6. The molecule has 0 saturated heterocycles. The van der Waals surface area contributed by atoms with Crippen LogP contribution in [0.15, 0.2) is 170 Å². The van der Waals surface area contributed by atoms with Crippen molar-refractivity contribution in [1.82, 2.24) is 0 Å². The fourth-order valence-corrected chi connectivity index (χ4v) is 6.36. The molecule has 0 rings (SSSR count). The van der Waals surface area contributed by atoms with Crippen LogP contribution in [0.1, 0.15) is 188 Å². The molecule has 0 fully saturated rings. The predicted molar refractivity (Wildman–Crippen MR) is 297 cm³/mol. The van der Waals surface area contributed by atoms with E-state index < -0.39 is 6.10 Å². The van der Waals surface area contributed by atoms with Crippen LogP contribution >= 0.6 is 0 Å². The van der Waals surface area contributed by atoms with Crippen molar-refractivity contribution in [1.29, 1.82) is 0 Å². The summed E-state index contributed by atoms with van der Waals surface area (Å²) in [6.45, 7) is 7.32. The number of unbranched alkanes of at least 4 members (excludes halogenated alkanes) is 7. The second-order valence-corrected chi connectivity index (χ2v) is 16.7. The molecule has 68 heavy (non-hydrogen) atoms. The predicted octanol–water partition coefficient (Wildman–Crippen LogP) is 18.4. The van der Waals surface area contributed by atoms with Gasteiger partial charge >= 0.3 is 11.9 Å². The first-order valence-corrected chi connectivity index (χ1v) is 26.7. The zero-order chi connectivity index (χ0) is 49.2. The van der Waals surface area contributed by atoms with Gasteiger partial charge in [0.1, 0.15) is 6.61 Å². The fourth-order valence-electron chi connectivity index (χ4n) is 6.36. The molecule has 5 heteroatoms. The largest absolute Gasteiger partial charge is 0.462 e. The van der Waals surface area contributed by atoms with Gasteiger partial charge in [-0.3, -0.25) is 9.59 Å². The van der Waals surface area contributed by atoms with Gasteiger partial charge in [-0.1, -0.05) is 223 Å². The average Bonchev–Trinajstić information content (AvgIpc) is 3.34. The summed E-state index contributed by atoms with van der Waals surface area (Å²) in [4.78, 5) is 25.4. The molecule has 0 aliphatic carbocycles. The van der Waals surface area contributed by atoms with E-state index in [4.69, 9.17) is 14.2 Å². The van der Waals surface area contributed by atoms with Crippen LogP contribution in [0.3, 0.4) is 0 Å².